The van der Waals surface area contributed by atoms with Crippen LogP contribution in [0.2, 0.25) is 0 Å². The lowest BCUT2D eigenvalue weighted by Crippen LogP contribution is -2.20. The Balaban J connectivity index is 0.00000289. The van der Waals surface area contributed by atoms with Crippen LogP contribution in [0.15, 0.2) is 18.2 Å². The molecule has 1 rings (SSSR count). The maximum Gasteiger partial charge on any atom is 0.419 e. The molecule has 0 saturated carbocycles. The van der Waals surface area contributed by atoms with Crippen molar-refractivity contribution in [3.05, 3.63) is 35.1 Å². The highest BCUT2D eigenvalue weighted by molar-refractivity contribution is 5.85. The van der Waals surface area contributed by atoms with Crippen LogP contribution < -0.4 is 5.73 Å². The molecule has 104 valence electrons. The molecule has 0 aliphatic carbocycles. The van der Waals surface area contributed by atoms with Gasteiger partial charge in [0.2, 0.25) is 0 Å². The summed E-state index contributed by atoms with van der Waals surface area (Å²) in [6.45, 7) is 3.75. The highest BCUT2D eigenvalue weighted by atomic mass is 35.5. The maximum absolute atomic E-state index is 13.1. The van der Waals surface area contributed by atoms with E-state index < -0.39 is 23.6 Å². The number of nitrogens with two attached hydrogens (primary N) is 1. The highest BCUT2D eigenvalue weighted by Crippen LogP contribution is 2.33. The van der Waals surface area contributed by atoms with E-state index in [0.29, 0.717) is 5.56 Å². The molecule has 2 N–H and O–H groups in total. The van der Waals surface area contributed by atoms with E-state index in [1.807, 2.05) is 13.8 Å². The number of benzene rings is 1. The molecule has 2 atom stereocenters. The number of rotatable bonds is 3. The van der Waals surface area contributed by atoms with Gasteiger partial charge in [-0.25, -0.2) is 4.39 Å². The fourth-order valence-corrected chi connectivity index (χ4v) is 1.55. The first-order chi connectivity index (χ1) is 7.77. The van der Waals surface area contributed by atoms with Crippen molar-refractivity contribution in [1.29, 1.82) is 0 Å². The standard InChI is InChI=1S/C12H15F4N.ClH/c1-3-7(2)11(17)8-4-5-10(13)9(6-8)12(14,15)16;/h4-7,11H,3,17H2,1-2H3;1H/t7?,11-;/m1./s1. The molecule has 0 aliphatic heterocycles. The summed E-state index contributed by atoms with van der Waals surface area (Å²) in [6, 6.07) is 2.41. The summed E-state index contributed by atoms with van der Waals surface area (Å²) >= 11 is 0. The average Bonchev–Trinajstić information content (AvgIpc) is 2.26. The van der Waals surface area contributed by atoms with E-state index in [0.717, 1.165) is 18.6 Å². The summed E-state index contributed by atoms with van der Waals surface area (Å²) < 4.78 is 50.5. The SMILES string of the molecule is CCC(C)[C@@H](N)c1ccc(F)c(C(F)(F)F)c1.Cl. The number of hydrogen-bond donors (Lipinski definition) is 1. The largest absolute Gasteiger partial charge is 0.419 e. The topological polar surface area (TPSA) is 26.0 Å². The van der Waals surface area contributed by atoms with Gasteiger partial charge in [-0.2, -0.15) is 13.2 Å². The van der Waals surface area contributed by atoms with E-state index in [4.69, 9.17) is 5.73 Å². The molecule has 6 heteroatoms. The highest BCUT2D eigenvalue weighted by Gasteiger charge is 2.34. The Morgan fingerprint density at radius 1 is 1.28 bits per heavy atom. The first kappa shape index (κ1) is 17.2. The third-order valence-corrected chi connectivity index (χ3v) is 2.94. The fourth-order valence-electron chi connectivity index (χ4n) is 1.55. The molecule has 0 aromatic heterocycles. The molecule has 0 radical (unpaired) electrons. The van der Waals surface area contributed by atoms with Crippen molar-refractivity contribution in [2.45, 2.75) is 32.5 Å². The van der Waals surface area contributed by atoms with Crippen LogP contribution in [0.25, 0.3) is 0 Å². The van der Waals surface area contributed by atoms with E-state index in [1.165, 1.54) is 6.07 Å². The maximum atomic E-state index is 13.1. The minimum Gasteiger partial charge on any atom is -0.324 e. The predicted molar refractivity (Wildman–Crippen MR) is 65.0 cm³/mol. The lowest BCUT2D eigenvalue weighted by molar-refractivity contribution is -0.140. The van der Waals surface area contributed by atoms with Gasteiger partial charge in [0.05, 0.1) is 5.56 Å². The molecule has 18 heavy (non-hydrogen) atoms. The van der Waals surface area contributed by atoms with Crippen LogP contribution in [0.3, 0.4) is 0 Å². The molecule has 1 unspecified atom stereocenters. The molecule has 1 nitrogen and oxygen atoms in total. The molecular formula is C12H16ClF4N. The van der Waals surface area contributed by atoms with Crippen LogP contribution >= 0.6 is 12.4 Å². The first-order valence-corrected chi connectivity index (χ1v) is 5.39. The van der Waals surface area contributed by atoms with Gasteiger partial charge < -0.3 is 5.73 Å². The zero-order valence-corrected chi connectivity index (χ0v) is 10.9. The second-order valence-corrected chi connectivity index (χ2v) is 4.15. The number of halogens is 5. The van der Waals surface area contributed by atoms with Crippen molar-refractivity contribution in [1.82, 2.24) is 0 Å². The van der Waals surface area contributed by atoms with Crippen LogP contribution in [0, 0.1) is 11.7 Å². The number of alkyl halides is 3. The van der Waals surface area contributed by atoms with Gasteiger partial charge in [0.15, 0.2) is 0 Å². The molecule has 1 aromatic carbocycles. The van der Waals surface area contributed by atoms with E-state index in [9.17, 15) is 17.6 Å². The normalized spacial score (nSPS) is 14.8. The lowest BCUT2D eigenvalue weighted by atomic mass is 9.92. The quantitative estimate of drug-likeness (QED) is 0.823. The molecule has 0 fully saturated rings. The van der Waals surface area contributed by atoms with Gasteiger partial charge in [-0.1, -0.05) is 26.3 Å². The van der Waals surface area contributed by atoms with Gasteiger partial charge in [-0.05, 0) is 23.6 Å². The van der Waals surface area contributed by atoms with Crippen molar-refractivity contribution in [2.24, 2.45) is 11.7 Å². The summed E-state index contributed by atoms with van der Waals surface area (Å²) in [5.41, 5.74) is 4.88. The van der Waals surface area contributed by atoms with Crippen molar-refractivity contribution < 1.29 is 17.6 Å². The fraction of sp³-hybridized carbons (Fsp3) is 0.500. The molecule has 0 heterocycles. The minimum atomic E-state index is -4.69. The van der Waals surface area contributed by atoms with E-state index in [2.05, 4.69) is 0 Å². The van der Waals surface area contributed by atoms with Crippen LogP contribution in [-0.4, -0.2) is 0 Å². The zero-order chi connectivity index (χ0) is 13.2. The van der Waals surface area contributed by atoms with Crippen LogP contribution in [-0.2, 0) is 6.18 Å². The Morgan fingerprint density at radius 2 is 1.83 bits per heavy atom. The van der Waals surface area contributed by atoms with Gasteiger partial charge >= 0.3 is 6.18 Å². The lowest BCUT2D eigenvalue weighted by Gasteiger charge is -2.20. The Bertz CT molecular complexity index is 392. The summed E-state index contributed by atoms with van der Waals surface area (Å²) in [4.78, 5) is 0. The van der Waals surface area contributed by atoms with Gasteiger partial charge in [-0.3, -0.25) is 0 Å². The summed E-state index contributed by atoms with van der Waals surface area (Å²) in [5.74, 6) is -1.22. The Morgan fingerprint density at radius 3 is 2.28 bits per heavy atom. The third kappa shape index (κ3) is 3.85. The van der Waals surface area contributed by atoms with Crippen LogP contribution in [0.4, 0.5) is 17.6 Å². The molecule has 0 amide bonds. The van der Waals surface area contributed by atoms with E-state index in [-0.39, 0.29) is 18.3 Å². The Hall–Kier alpha value is -0.810. The van der Waals surface area contributed by atoms with Gasteiger partial charge in [0.1, 0.15) is 5.82 Å². The second kappa shape index (κ2) is 6.38. The van der Waals surface area contributed by atoms with E-state index in [1.54, 1.807) is 0 Å². The van der Waals surface area contributed by atoms with Crippen molar-refractivity contribution >= 4 is 12.4 Å². The summed E-state index contributed by atoms with van der Waals surface area (Å²) in [6.07, 6.45) is -3.94. The van der Waals surface area contributed by atoms with Gasteiger partial charge in [0.25, 0.3) is 0 Å². The van der Waals surface area contributed by atoms with Gasteiger partial charge in [-0.15, -0.1) is 12.4 Å². The molecule has 0 spiro atoms. The smallest absolute Gasteiger partial charge is 0.324 e. The predicted octanol–water partition coefficient (Wildman–Crippen LogP) is 4.31. The summed E-state index contributed by atoms with van der Waals surface area (Å²) in [5, 5.41) is 0. The van der Waals surface area contributed by atoms with Gasteiger partial charge in [0, 0.05) is 6.04 Å². The molecule has 0 saturated heterocycles. The average molecular weight is 286 g/mol. The van der Waals surface area contributed by atoms with Crippen LogP contribution in [0.1, 0.15) is 37.4 Å². The number of hydrogen-bond acceptors (Lipinski definition) is 1. The molecule has 0 bridgehead atoms. The van der Waals surface area contributed by atoms with E-state index >= 15 is 0 Å². The first-order valence-electron chi connectivity index (χ1n) is 5.39. The van der Waals surface area contributed by atoms with Crippen molar-refractivity contribution in [3.8, 4) is 0 Å². The van der Waals surface area contributed by atoms with Crippen molar-refractivity contribution in [3.63, 3.8) is 0 Å². The molecule has 0 aliphatic rings. The summed E-state index contributed by atoms with van der Waals surface area (Å²) in [7, 11) is 0. The zero-order valence-electron chi connectivity index (χ0n) is 10.1. The minimum absolute atomic E-state index is 0. The Labute approximate surface area is 110 Å². The monoisotopic (exact) mass is 285 g/mol. The molecular weight excluding hydrogens is 270 g/mol. The van der Waals surface area contributed by atoms with Crippen molar-refractivity contribution in [2.75, 3.05) is 0 Å². The molecule has 1 aromatic rings. The van der Waals surface area contributed by atoms with Crippen LogP contribution in [0.5, 0.6) is 0 Å². The second-order valence-electron chi connectivity index (χ2n) is 4.15. The third-order valence-electron chi connectivity index (χ3n) is 2.94. The Kier molecular flexibility index (Phi) is 6.10.